The molecule has 0 saturated heterocycles. The van der Waals surface area contributed by atoms with Gasteiger partial charge in [-0.1, -0.05) is 6.92 Å². The lowest BCUT2D eigenvalue weighted by atomic mass is 9.81. The highest BCUT2D eigenvalue weighted by Crippen LogP contribution is 2.40. The van der Waals surface area contributed by atoms with Crippen molar-refractivity contribution in [1.82, 2.24) is 0 Å². The molecule has 82 valence electrons. The molecule has 0 saturated carbocycles. The lowest BCUT2D eigenvalue weighted by Crippen LogP contribution is -2.27. The molecule has 0 radical (unpaired) electrons. The zero-order valence-electron chi connectivity index (χ0n) is 9.72. The van der Waals surface area contributed by atoms with Gasteiger partial charge in [0.1, 0.15) is 0 Å². The summed E-state index contributed by atoms with van der Waals surface area (Å²) >= 11 is 0. The number of hydrogen-bond acceptors (Lipinski definition) is 2. The lowest BCUT2D eigenvalue weighted by Gasteiger charge is -2.19. The van der Waals surface area contributed by atoms with E-state index in [9.17, 15) is 4.79 Å². The molecule has 0 unspecified atom stereocenters. The van der Waals surface area contributed by atoms with Crippen molar-refractivity contribution in [2.24, 2.45) is 0 Å². The molecule has 1 amide bonds. The average Bonchev–Trinajstić information content (AvgIpc) is 2.49. The van der Waals surface area contributed by atoms with Crippen molar-refractivity contribution in [3.63, 3.8) is 0 Å². The summed E-state index contributed by atoms with van der Waals surface area (Å²) in [6.45, 7) is 5.80. The molecule has 1 aliphatic rings. The van der Waals surface area contributed by atoms with Gasteiger partial charge in [0.15, 0.2) is 0 Å². The van der Waals surface area contributed by atoms with Crippen LogP contribution in [0, 0.1) is 11.3 Å². The standard InChI is InChI=1S/C13H14N2O/c1-4-9-8(7-14)5-6-10-11(9)13(2,3)12(16)15-10/h5-6H,4H2,1-3H3,(H,15,16). The van der Waals surface area contributed by atoms with Crippen molar-refractivity contribution >= 4 is 11.6 Å². The first-order valence-corrected chi connectivity index (χ1v) is 5.40. The summed E-state index contributed by atoms with van der Waals surface area (Å²) in [5, 5.41) is 11.9. The second kappa shape index (κ2) is 3.34. The van der Waals surface area contributed by atoms with Gasteiger partial charge in [0, 0.05) is 5.69 Å². The Morgan fingerprint density at radius 1 is 1.44 bits per heavy atom. The summed E-state index contributed by atoms with van der Waals surface area (Å²) in [7, 11) is 0. The van der Waals surface area contributed by atoms with Crippen molar-refractivity contribution in [2.75, 3.05) is 5.32 Å². The fraction of sp³-hybridized carbons (Fsp3) is 0.385. The van der Waals surface area contributed by atoms with Crippen LogP contribution in [0.3, 0.4) is 0 Å². The monoisotopic (exact) mass is 214 g/mol. The van der Waals surface area contributed by atoms with Gasteiger partial charge >= 0.3 is 0 Å². The van der Waals surface area contributed by atoms with E-state index >= 15 is 0 Å². The highest BCUT2D eigenvalue weighted by molar-refractivity contribution is 6.06. The normalized spacial score (nSPS) is 16.5. The van der Waals surface area contributed by atoms with Crippen LogP contribution >= 0.6 is 0 Å². The Bertz CT molecular complexity index is 509. The second-order valence-electron chi connectivity index (χ2n) is 4.56. The van der Waals surface area contributed by atoms with E-state index in [0.717, 1.165) is 23.2 Å². The highest BCUT2D eigenvalue weighted by atomic mass is 16.2. The van der Waals surface area contributed by atoms with E-state index in [4.69, 9.17) is 5.26 Å². The quantitative estimate of drug-likeness (QED) is 0.780. The topological polar surface area (TPSA) is 52.9 Å². The van der Waals surface area contributed by atoms with Crippen molar-refractivity contribution in [3.05, 3.63) is 28.8 Å². The number of hydrogen-bond donors (Lipinski definition) is 1. The Morgan fingerprint density at radius 3 is 2.69 bits per heavy atom. The van der Waals surface area contributed by atoms with Crippen LogP contribution in [0.1, 0.15) is 37.5 Å². The molecule has 3 heteroatoms. The molecule has 3 nitrogen and oxygen atoms in total. The van der Waals surface area contributed by atoms with Gasteiger partial charge in [-0.15, -0.1) is 0 Å². The fourth-order valence-electron chi connectivity index (χ4n) is 2.33. The molecule has 1 N–H and O–H groups in total. The van der Waals surface area contributed by atoms with Gasteiger partial charge in [-0.05, 0) is 43.5 Å². The summed E-state index contributed by atoms with van der Waals surface area (Å²) in [6, 6.07) is 5.79. The molecule has 0 aliphatic carbocycles. The van der Waals surface area contributed by atoms with Crippen LogP contribution < -0.4 is 5.32 Å². The number of carbonyl (C=O) groups excluding carboxylic acids is 1. The van der Waals surface area contributed by atoms with Crippen molar-refractivity contribution in [1.29, 1.82) is 5.26 Å². The van der Waals surface area contributed by atoms with Crippen LogP contribution in [-0.4, -0.2) is 5.91 Å². The molecular weight excluding hydrogens is 200 g/mol. The molecular formula is C13H14N2O. The van der Waals surface area contributed by atoms with Crippen LogP contribution in [0.4, 0.5) is 5.69 Å². The Hall–Kier alpha value is -1.82. The number of nitrogens with one attached hydrogen (secondary N) is 1. The van der Waals surface area contributed by atoms with Crippen molar-refractivity contribution in [3.8, 4) is 6.07 Å². The van der Waals surface area contributed by atoms with Crippen molar-refractivity contribution < 1.29 is 4.79 Å². The van der Waals surface area contributed by atoms with E-state index in [1.807, 2.05) is 26.8 Å². The number of nitriles is 1. The molecule has 1 heterocycles. The predicted octanol–water partition coefficient (Wildman–Crippen LogP) is 2.35. The highest BCUT2D eigenvalue weighted by Gasteiger charge is 2.40. The number of fused-ring (bicyclic) bond motifs is 1. The molecule has 16 heavy (non-hydrogen) atoms. The van der Waals surface area contributed by atoms with E-state index in [1.165, 1.54) is 0 Å². The minimum atomic E-state index is -0.534. The largest absolute Gasteiger partial charge is 0.325 e. The summed E-state index contributed by atoms with van der Waals surface area (Å²) in [5.74, 6) is 0.00675. The smallest absolute Gasteiger partial charge is 0.234 e. The summed E-state index contributed by atoms with van der Waals surface area (Å²) in [5.41, 5.74) is 2.96. The molecule has 0 aromatic heterocycles. The lowest BCUT2D eigenvalue weighted by molar-refractivity contribution is -0.119. The van der Waals surface area contributed by atoms with E-state index in [0.29, 0.717) is 5.56 Å². The minimum absolute atomic E-state index is 0.00675. The van der Waals surface area contributed by atoms with Crippen LogP contribution in [0.25, 0.3) is 0 Å². The van der Waals surface area contributed by atoms with Crippen LogP contribution in [0.5, 0.6) is 0 Å². The Morgan fingerprint density at radius 2 is 2.12 bits per heavy atom. The van der Waals surface area contributed by atoms with E-state index in [1.54, 1.807) is 6.07 Å². The third kappa shape index (κ3) is 1.23. The predicted molar refractivity (Wildman–Crippen MR) is 62.2 cm³/mol. The van der Waals surface area contributed by atoms with Gasteiger partial charge in [0.2, 0.25) is 5.91 Å². The Balaban J connectivity index is 2.76. The minimum Gasteiger partial charge on any atom is -0.325 e. The molecule has 0 atom stereocenters. The van der Waals surface area contributed by atoms with E-state index in [-0.39, 0.29) is 5.91 Å². The van der Waals surface area contributed by atoms with Gasteiger partial charge in [-0.2, -0.15) is 5.26 Å². The number of carbonyl (C=O) groups is 1. The molecule has 0 fully saturated rings. The fourth-order valence-corrected chi connectivity index (χ4v) is 2.33. The van der Waals surface area contributed by atoms with Gasteiger partial charge in [0.25, 0.3) is 0 Å². The van der Waals surface area contributed by atoms with Gasteiger partial charge < -0.3 is 5.32 Å². The SMILES string of the molecule is CCc1c(C#N)ccc2c1C(C)(C)C(=O)N2. The molecule has 0 spiro atoms. The van der Waals surface area contributed by atoms with Gasteiger partial charge in [0.05, 0.1) is 17.0 Å². The zero-order valence-corrected chi connectivity index (χ0v) is 9.72. The zero-order chi connectivity index (χ0) is 11.9. The molecule has 2 rings (SSSR count). The number of amides is 1. The summed E-state index contributed by atoms with van der Waals surface area (Å²) in [6.07, 6.45) is 0.768. The maximum atomic E-state index is 11.8. The van der Waals surface area contributed by atoms with E-state index in [2.05, 4.69) is 11.4 Å². The Kier molecular flexibility index (Phi) is 2.23. The Labute approximate surface area is 95.1 Å². The summed E-state index contributed by atoms with van der Waals surface area (Å²) in [4.78, 5) is 11.8. The number of benzene rings is 1. The third-order valence-electron chi connectivity index (χ3n) is 3.23. The molecule has 1 aliphatic heterocycles. The number of anilines is 1. The van der Waals surface area contributed by atoms with Gasteiger partial charge in [-0.25, -0.2) is 0 Å². The third-order valence-corrected chi connectivity index (χ3v) is 3.23. The maximum Gasteiger partial charge on any atom is 0.234 e. The van der Waals surface area contributed by atoms with Crippen LogP contribution in [0.15, 0.2) is 12.1 Å². The van der Waals surface area contributed by atoms with Crippen LogP contribution in [0.2, 0.25) is 0 Å². The number of rotatable bonds is 1. The molecule has 1 aromatic carbocycles. The molecule has 1 aromatic rings. The average molecular weight is 214 g/mol. The first kappa shape index (κ1) is 10.7. The van der Waals surface area contributed by atoms with Crippen LogP contribution in [-0.2, 0) is 16.6 Å². The van der Waals surface area contributed by atoms with Gasteiger partial charge in [-0.3, -0.25) is 4.79 Å². The number of nitrogens with zero attached hydrogens (tertiary/aromatic N) is 1. The first-order chi connectivity index (χ1) is 7.52. The second-order valence-corrected chi connectivity index (χ2v) is 4.56. The maximum absolute atomic E-state index is 11.8. The summed E-state index contributed by atoms with van der Waals surface area (Å²) < 4.78 is 0. The first-order valence-electron chi connectivity index (χ1n) is 5.40. The molecule has 0 bridgehead atoms. The van der Waals surface area contributed by atoms with Crippen molar-refractivity contribution in [2.45, 2.75) is 32.6 Å². The van der Waals surface area contributed by atoms with E-state index < -0.39 is 5.41 Å².